The van der Waals surface area contributed by atoms with Gasteiger partial charge in [0.05, 0.1) is 0 Å². The zero-order valence-corrected chi connectivity index (χ0v) is 15.7. The molecular formula is C18H17Cl3N2O2. The summed E-state index contributed by atoms with van der Waals surface area (Å²) in [7, 11) is 0. The molecule has 1 fully saturated rings. The van der Waals surface area contributed by atoms with Gasteiger partial charge in [0.25, 0.3) is 5.91 Å². The van der Waals surface area contributed by atoms with Gasteiger partial charge >= 0.3 is 0 Å². The van der Waals surface area contributed by atoms with E-state index in [4.69, 9.17) is 39.5 Å². The summed E-state index contributed by atoms with van der Waals surface area (Å²) in [5, 5.41) is 1.85. The van der Waals surface area contributed by atoms with Gasteiger partial charge in [-0.2, -0.15) is 0 Å². The molecule has 1 amide bonds. The summed E-state index contributed by atoms with van der Waals surface area (Å²) < 4.78 is 5.52. The molecule has 1 heterocycles. The number of carbonyl (C=O) groups excluding carboxylic acids is 1. The number of ether oxygens (including phenoxy) is 1. The molecular weight excluding hydrogens is 383 g/mol. The Bertz CT molecular complexity index is 724. The number of hydrogen-bond donors (Lipinski definition) is 0. The van der Waals surface area contributed by atoms with Crippen LogP contribution in [0.5, 0.6) is 5.75 Å². The normalized spacial score (nSPS) is 14.5. The fourth-order valence-electron chi connectivity index (χ4n) is 2.70. The molecule has 0 atom stereocenters. The van der Waals surface area contributed by atoms with E-state index in [1.807, 2.05) is 12.1 Å². The Kier molecular flexibility index (Phi) is 5.94. The van der Waals surface area contributed by atoms with Crippen molar-refractivity contribution in [2.24, 2.45) is 0 Å². The molecule has 132 valence electrons. The summed E-state index contributed by atoms with van der Waals surface area (Å²) >= 11 is 17.9. The summed E-state index contributed by atoms with van der Waals surface area (Å²) in [5.41, 5.74) is 0.974. The summed E-state index contributed by atoms with van der Waals surface area (Å²) in [6, 6.07) is 12.4. The average Bonchev–Trinajstić information content (AvgIpc) is 2.60. The van der Waals surface area contributed by atoms with Crippen LogP contribution in [0.2, 0.25) is 15.1 Å². The minimum atomic E-state index is -0.0290. The molecule has 0 bridgehead atoms. The van der Waals surface area contributed by atoms with Crippen LogP contribution >= 0.6 is 34.8 Å². The van der Waals surface area contributed by atoms with Crippen LogP contribution in [0.4, 0.5) is 5.69 Å². The Balaban J connectivity index is 1.51. The molecule has 0 saturated carbocycles. The molecule has 7 heteroatoms. The van der Waals surface area contributed by atoms with Crippen LogP contribution < -0.4 is 9.64 Å². The number of anilines is 1. The predicted molar refractivity (Wildman–Crippen MR) is 102 cm³/mol. The second-order valence-corrected chi connectivity index (χ2v) is 7.05. The Hall–Kier alpha value is -1.62. The van der Waals surface area contributed by atoms with Crippen LogP contribution in [0, 0.1) is 0 Å². The van der Waals surface area contributed by atoms with Crippen LogP contribution in [-0.4, -0.2) is 43.6 Å². The highest BCUT2D eigenvalue weighted by molar-refractivity contribution is 6.35. The Labute approximate surface area is 161 Å². The fraction of sp³-hybridized carbons (Fsp3) is 0.278. The second-order valence-electron chi connectivity index (χ2n) is 5.74. The number of benzene rings is 2. The molecule has 0 aliphatic carbocycles. The number of carbonyl (C=O) groups is 1. The lowest BCUT2D eigenvalue weighted by Crippen LogP contribution is -2.50. The average molecular weight is 400 g/mol. The second kappa shape index (κ2) is 8.17. The molecule has 0 spiro atoms. The number of amides is 1. The minimum absolute atomic E-state index is 0.0185. The van der Waals surface area contributed by atoms with Crippen molar-refractivity contribution in [3.63, 3.8) is 0 Å². The van der Waals surface area contributed by atoms with Gasteiger partial charge in [-0.1, -0.05) is 34.8 Å². The Morgan fingerprint density at radius 2 is 1.48 bits per heavy atom. The van der Waals surface area contributed by atoms with Crippen molar-refractivity contribution < 1.29 is 9.53 Å². The van der Waals surface area contributed by atoms with Gasteiger partial charge in [0.1, 0.15) is 5.75 Å². The van der Waals surface area contributed by atoms with E-state index >= 15 is 0 Å². The largest absolute Gasteiger partial charge is 0.484 e. The van der Waals surface area contributed by atoms with Crippen LogP contribution in [0.15, 0.2) is 42.5 Å². The van der Waals surface area contributed by atoms with Crippen LogP contribution in [0.25, 0.3) is 0 Å². The van der Waals surface area contributed by atoms with E-state index in [0.717, 1.165) is 18.8 Å². The van der Waals surface area contributed by atoms with E-state index in [2.05, 4.69) is 4.90 Å². The van der Waals surface area contributed by atoms with E-state index < -0.39 is 0 Å². The molecule has 0 N–H and O–H groups in total. The van der Waals surface area contributed by atoms with Gasteiger partial charge in [-0.05, 0) is 42.5 Å². The number of rotatable bonds is 4. The smallest absolute Gasteiger partial charge is 0.260 e. The molecule has 1 saturated heterocycles. The number of halogens is 3. The van der Waals surface area contributed by atoms with E-state index in [-0.39, 0.29) is 12.5 Å². The van der Waals surface area contributed by atoms with Gasteiger partial charge in [0.15, 0.2) is 6.61 Å². The van der Waals surface area contributed by atoms with Gasteiger partial charge in [-0.15, -0.1) is 0 Å². The summed E-state index contributed by atoms with van der Waals surface area (Å²) in [6.07, 6.45) is 0. The summed E-state index contributed by atoms with van der Waals surface area (Å²) in [6.45, 7) is 2.73. The highest BCUT2D eigenvalue weighted by Crippen LogP contribution is 2.26. The van der Waals surface area contributed by atoms with Gasteiger partial charge in [-0.25, -0.2) is 0 Å². The molecule has 2 aromatic rings. The van der Waals surface area contributed by atoms with E-state index in [0.29, 0.717) is 33.9 Å². The van der Waals surface area contributed by atoms with Crippen molar-refractivity contribution >= 4 is 46.4 Å². The summed E-state index contributed by atoms with van der Waals surface area (Å²) in [4.78, 5) is 16.3. The van der Waals surface area contributed by atoms with Gasteiger partial charge in [-0.3, -0.25) is 4.79 Å². The van der Waals surface area contributed by atoms with Crippen molar-refractivity contribution in [3.05, 3.63) is 57.5 Å². The van der Waals surface area contributed by atoms with E-state index in [9.17, 15) is 4.79 Å². The van der Waals surface area contributed by atoms with Crippen molar-refractivity contribution in [1.29, 1.82) is 0 Å². The molecule has 0 unspecified atom stereocenters. The van der Waals surface area contributed by atoms with E-state index in [1.54, 1.807) is 35.2 Å². The minimum Gasteiger partial charge on any atom is -0.484 e. The van der Waals surface area contributed by atoms with Gasteiger partial charge in [0, 0.05) is 46.9 Å². The third kappa shape index (κ3) is 4.94. The quantitative estimate of drug-likeness (QED) is 0.765. The molecule has 0 radical (unpaired) electrons. The number of piperazine rings is 1. The maximum absolute atomic E-state index is 12.3. The van der Waals surface area contributed by atoms with Crippen molar-refractivity contribution in [2.75, 3.05) is 37.7 Å². The van der Waals surface area contributed by atoms with Crippen LogP contribution in [0.1, 0.15) is 0 Å². The maximum Gasteiger partial charge on any atom is 0.260 e. The zero-order valence-electron chi connectivity index (χ0n) is 13.4. The van der Waals surface area contributed by atoms with E-state index in [1.165, 1.54) is 0 Å². The van der Waals surface area contributed by atoms with Crippen LogP contribution in [0.3, 0.4) is 0 Å². The first kappa shape index (κ1) is 18.2. The zero-order chi connectivity index (χ0) is 17.8. The first-order valence-electron chi connectivity index (χ1n) is 7.88. The fourth-order valence-corrected chi connectivity index (χ4v) is 3.34. The van der Waals surface area contributed by atoms with Crippen molar-refractivity contribution in [1.82, 2.24) is 4.90 Å². The number of nitrogens with zero attached hydrogens (tertiary/aromatic N) is 2. The van der Waals surface area contributed by atoms with Gasteiger partial charge in [0.2, 0.25) is 0 Å². The Morgan fingerprint density at radius 3 is 2.08 bits per heavy atom. The monoisotopic (exact) mass is 398 g/mol. The number of hydrogen-bond acceptors (Lipinski definition) is 3. The van der Waals surface area contributed by atoms with Crippen molar-refractivity contribution in [3.8, 4) is 5.75 Å². The first-order chi connectivity index (χ1) is 12.0. The standard InChI is InChI=1S/C18H17Cl3N2O2/c19-13-1-3-17(4-2-13)25-12-18(24)23-7-5-22(6-8-23)16-10-14(20)9-15(21)11-16/h1-4,9-11H,5-8,12H2. The van der Waals surface area contributed by atoms with Crippen molar-refractivity contribution in [2.45, 2.75) is 0 Å². The lowest BCUT2D eigenvalue weighted by atomic mass is 10.2. The molecule has 2 aromatic carbocycles. The SMILES string of the molecule is O=C(COc1ccc(Cl)cc1)N1CCN(c2cc(Cl)cc(Cl)c2)CC1. The van der Waals surface area contributed by atoms with Gasteiger partial charge < -0.3 is 14.5 Å². The first-order valence-corrected chi connectivity index (χ1v) is 9.02. The molecule has 0 aromatic heterocycles. The third-order valence-corrected chi connectivity index (χ3v) is 4.71. The highest BCUT2D eigenvalue weighted by Gasteiger charge is 2.22. The molecule has 4 nitrogen and oxygen atoms in total. The molecule has 25 heavy (non-hydrogen) atoms. The topological polar surface area (TPSA) is 32.8 Å². The van der Waals surface area contributed by atoms with Crippen LogP contribution in [-0.2, 0) is 4.79 Å². The molecule has 1 aliphatic heterocycles. The molecule has 1 aliphatic rings. The third-order valence-electron chi connectivity index (χ3n) is 4.02. The highest BCUT2D eigenvalue weighted by atomic mass is 35.5. The predicted octanol–water partition coefficient (Wildman–Crippen LogP) is 4.37. The lowest BCUT2D eigenvalue weighted by Gasteiger charge is -2.36. The molecule has 3 rings (SSSR count). The maximum atomic E-state index is 12.3. The summed E-state index contributed by atoms with van der Waals surface area (Å²) in [5.74, 6) is 0.601. The Morgan fingerprint density at radius 1 is 0.880 bits per heavy atom. The lowest BCUT2D eigenvalue weighted by molar-refractivity contribution is -0.133.